The molecular weight excluding hydrogens is 482 g/mol. The van der Waals surface area contributed by atoms with E-state index in [0.717, 1.165) is 22.3 Å². The first-order chi connectivity index (χ1) is 17.0. The molecule has 0 aliphatic heterocycles. The van der Waals surface area contributed by atoms with Gasteiger partial charge < -0.3 is 14.7 Å². The number of nitrogens with zero attached hydrogens (tertiary/aromatic N) is 6. The topological polar surface area (TPSA) is 130 Å². The van der Waals surface area contributed by atoms with Gasteiger partial charge in [0, 0.05) is 25.8 Å². The third-order valence-corrected chi connectivity index (χ3v) is 5.64. The molecule has 0 bridgehead atoms. The molecule has 4 rings (SSSR count). The summed E-state index contributed by atoms with van der Waals surface area (Å²) in [6, 6.07) is 16.0. The van der Waals surface area contributed by atoms with E-state index in [-0.39, 0.29) is 18.0 Å². The van der Waals surface area contributed by atoms with Crippen LogP contribution in [0.25, 0.3) is 22.5 Å². The van der Waals surface area contributed by atoms with E-state index in [4.69, 9.17) is 4.74 Å². The molecule has 0 fully saturated rings. The van der Waals surface area contributed by atoms with Crippen LogP contribution in [0.1, 0.15) is 34.4 Å². The lowest BCUT2D eigenvalue weighted by molar-refractivity contribution is 0.0695. The van der Waals surface area contributed by atoms with Crippen LogP contribution < -0.4 is 4.90 Å². The summed E-state index contributed by atoms with van der Waals surface area (Å²) >= 11 is 0. The predicted molar refractivity (Wildman–Crippen MR) is 138 cm³/mol. The molecule has 0 atom stereocenters. The van der Waals surface area contributed by atoms with Gasteiger partial charge in [0.1, 0.15) is 17.2 Å². The van der Waals surface area contributed by atoms with E-state index in [1.54, 1.807) is 14.0 Å². The average Bonchev–Trinajstić information content (AvgIpc) is 3.41. The number of aromatic amines is 1. The first-order valence-corrected chi connectivity index (χ1v) is 11.3. The van der Waals surface area contributed by atoms with Crippen LogP contribution in [0.4, 0.5) is 5.82 Å². The van der Waals surface area contributed by atoms with Crippen molar-refractivity contribution in [2.45, 2.75) is 26.8 Å². The second-order valence-electron chi connectivity index (χ2n) is 7.97. The smallest absolute Gasteiger partial charge is 0.341 e. The van der Waals surface area contributed by atoms with Gasteiger partial charge in [-0.15, -0.1) is 22.6 Å². The van der Waals surface area contributed by atoms with Crippen LogP contribution >= 0.6 is 12.4 Å². The molecule has 0 saturated carbocycles. The predicted octanol–water partition coefficient (Wildman–Crippen LogP) is 3.97. The van der Waals surface area contributed by atoms with Gasteiger partial charge in [0.05, 0.1) is 12.3 Å². The van der Waals surface area contributed by atoms with Crippen molar-refractivity contribution in [1.29, 1.82) is 0 Å². The van der Waals surface area contributed by atoms with Crippen LogP contribution in [0.2, 0.25) is 0 Å². The summed E-state index contributed by atoms with van der Waals surface area (Å²) in [6.45, 7) is 5.05. The molecule has 188 valence electrons. The van der Waals surface area contributed by atoms with Gasteiger partial charge in [0.25, 0.3) is 0 Å². The zero-order valence-corrected chi connectivity index (χ0v) is 21.1. The lowest BCUT2D eigenvalue weighted by Crippen LogP contribution is -2.30. The average molecular weight is 510 g/mol. The summed E-state index contributed by atoms with van der Waals surface area (Å²) in [7, 11) is 1.62. The van der Waals surface area contributed by atoms with E-state index >= 15 is 0 Å². The van der Waals surface area contributed by atoms with Crippen molar-refractivity contribution in [3.8, 4) is 22.5 Å². The largest absolute Gasteiger partial charge is 0.477 e. The summed E-state index contributed by atoms with van der Waals surface area (Å²) in [5, 5.41) is 24.3. The van der Waals surface area contributed by atoms with E-state index in [2.05, 4.69) is 30.6 Å². The van der Waals surface area contributed by atoms with Crippen LogP contribution in [0.5, 0.6) is 0 Å². The monoisotopic (exact) mass is 509 g/mol. The number of anilines is 1. The second-order valence-corrected chi connectivity index (χ2v) is 7.97. The molecule has 0 aliphatic rings. The molecule has 10 nitrogen and oxygen atoms in total. The van der Waals surface area contributed by atoms with Crippen LogP contribution in [-0.2, 0) is 17.7 Å². The van der Waals surface area contributed by atoms with Crippen LogP contribution in [0.3, 0.4) is 0 Å². The van der Waals surface area contributed by atoms with Gasteiger partial charge in [-0.3, -0.25) is 0 Å². The van der Waals surface area contributed by atoms with Crippen LogP contribution in [0, 0.1) is 6.92 Å². The maximum atomic E-state index is 12.1. The van der Waals surface area contributed by atoms with Crippen molar-refractivity contribution >= 4 is 24.2 Å². The highest BCUT2D eigenvalue weighted by atomic mass is 35.5. The number of benzene rings is 2. The molecule has 11 heteroatoms. The molecule has 2 N–H and O–H groups in total. The number of hydrogen-bond acceptors (Lipinski definition) is 8. The minimum absolute atomic E-state index is 0. The highest BCUT2D eigenvalue weighted by Crippen LogP contribution is 2.30. The number of methoxy groups -OCH3 is 1. The Morgan fingerprint density at radius 1 is 1.08 bits per heavy atom. The van der Waals surface area contributed by atoms with Gasteiger partial charge in [-0.25, -0.2) is 14.8 Å². The Hall–Kier alpha value is -3.89. The first-order valence-electron chi connectivity index (χ1n) is 11.3. The highest BCUT2D eigenvalue weighted by Gasteiger charge is 2.23. The lowest BCUT2D eigenvalue weighted by Gasteiger charge is -2.26. The van der Waals surface area contributed by atoms with Gasteiger partial charge in [-0.05, 0) is 35.2 Å². The molecule has 2 heterocycles. The number of ether oxygens (including phenoxy) is 1. The normalized spacial score (nSPS) is 10.6. The van der Waals surface area contributed by atoms with E-state index in [1.807, 2.05) is 60.4 Å². The third kappa shape index (κ3) is 5.84. The Bertz CT molecular complexity index is 1300. The molecule has 0 unspecified atom stereocenters. The van der Waals surface area contributed by atoms with Crippen molar-refractivity contribution < 1.29 is 14.6 Å². The molecule has 36 heavy (non-hydrogen) atoms. The van der Waals surface area contributed by atoms with Crippen molar-refractivity contribution in [2.75, 3.05) is 25.2 Å². The summed E-state index contributed by atoms with van der Waals surface area (Å²) in [5.74, 6) is 0.443. The molecule has 0 amide bonds. The number of aromatic nitrogens is 6. The lowest BCUT2D eigenvalue weighted by atomic mass is 9.98. The molecule has 2 aromatic carbocycles. The number of nitrogens with one attached hydrogen (secondary N) is 1. The molecular formula is C25H28ClN7O3. The third-order valence-electron chi connectivity index (χ3n) is 5.64. The number of H-pyrrole nitrogens is 1. The summed E-state index contributed by atoms with van der Waals surface area (Å²) in [6.07, 6.45) is 0.505. The molecule has 4 aromatic rings. The van der Waals surface area contributed by atoms with E-state index in [0.29, 0.717) is 49.3 Å². The van der Waals surface area contributed by atoms with Gasteiger partial charge in [-0.1, -0.05) is 55.5 Å². The summed E-state index contributed by atoms with van der Waals surface area (Å²) in [5.41, 5.74) is 4.55. The number of aryl methyl sites for hydroxylation is 2. The van der Waals surface area contributed by atoms with Crippen molar-refractivity contribution in [1.82, 2.24) is 30.6 Å². The Balaban J connectivity index is 0.00000361. The Morgan fingerprint density at radius 2 is 1.81 bits per heavy atom. The SMILES string of the molecule is CCc1nc(C)nc(N(CCOC)Cc2ccc(-c3ccccc3-c3nn[nH]n3)cc2)c1C(=O)O.Cl. The Morgan fingerprint density at radius 3 is 2.42 bits per heavy atom. The fourth-order valence-electron chi connectivity index (χ4n) is 4.00. The fourth-order valence-corrected chi connectivity index (χ4v) is 4.00. The van der Waals surface area contributed by atoms with Crippen LogP contribution in [-0.4, -0.2) is 61.9 Å². The van der Waals surface area contributed by atoms with E-state index < -0.39 is 5.97 Å². The fraction of sp³-hybridized carbons (Fsp3) is 0.280. The van der Waals surface area contributed by atoms with Crippen molar-refractivity contribution in [3.05, 3.63) is 71.2 Å². The Labute approximate surface area is 215 Å². The number of carbonyl (C=O) groups is 1. The Kier molecular flexibility index (Phi) is 9.04. The maximum Gasteiger partial charge on any atom is 0.341 e. The number of aromatic carboxylic acids is 1. The number of carboxylic acids is 1. The minimum atomic E-state index is -1.03. The van der Waals surface area contributed by atoms with E-state index in [1.165, 1.54) is 0 Å². The summed E-state index contributed by atoms with van der Waals surface area (Å²) < 4.78 is 5.29. The molecule has 2 aromatic heterocycles. The van der Waals surface area contributed by atoms with Crippen molar-refractivity contribution in [3.63, 3.8) is 0 Å². The van der Waals surface area contributed by atoms with Gasteiger partial charge >= 0.3 is 5.97 Å². The highest BCUT2D eigenvalue weighted by molar-refractivity contribution is 5.94. The maximum absolute atomic E-state index is 12.1. The van der Waals surface area contributed by atoms with Gasteiger partial charge in [0.2, 0.25) is 5.82 Å². The second kappa shape index (κ2) is 12.2. The number of tetrazole rings is 1. The zero-order valence-electron chi connectivity index (χ0n) is 20.3. The van der Waals surface area contributed by atoms with Crippen molar-refractivity contribution in [2.24, 2.45) is 0 Å². The molecule has 0 aliphatic carbocycles. The first kappa shape index (κ1) is 26.7. The number of halogens is 1. The van der Waals surface area contributed by atoms with Crippen LogP contribution in [0.15, 0.2) is 48.5 Å². The summed E-state index contributed by atoms with van der Waals surface area (Å²) in [4.78, 5) is 22.9. The quantitative estimate of drug-likeness (QED) is 0.326. The molecule has 0 spiro atoms. The van der Waals surface area contributed by atoms with Gasteiger partial charge in [0.15, 0.2) is 0 Å². The zero-order chi connectivity index (χ0) is 24.8. The molecule has 0 saturated heterocycles. The number of rotatable bonds is 10. The number of hydrogen-bond donors (Lipinski definition) is 2. The number of carboxylic acid groups (broad SMARTS) is 1. The molecule has 0 radical (unpaired) electrons. The van der Waals surface area contributed by atoms with E-state index in [9.17, 15) is 9.90 Å². The standard InChI is InChI=1S/C25H27N7O3.ClH/c1-4-21-22(25(33)34)24(27-16(2)26-21)32(13-14-35-3)15-17-9-11-18(12-10-17)19-7-5-6-8-20(19)23-28-30-31-29-23;/h5-12H,4,13-15H2,1-3H3,(H,33,34)(H,28,29,30,31);1H. The minimum Gasteiger partial charge on any atom is -0.477 e. The van der Waals surface area contributed by atoms with Gasteiger partial charge in [-0.2, -0.15) is 5.21 Å².